The predicted octanol–water partition coefficient (Wildman–Crippen LogP) is 2.55. The first-order chi connectivity index (χ1) is 9.19. The van der Waals surface area contributed by atoms with Crippen LogP contribution in [0.2, 0.25) is 0 Å². The van der Waals surface area contributed by atoms with Crippen LogP contribution in [0.1, 0.15) is 37.8 Å². The zero-order valence-corrected chi connectivity index (χ0v) is 11.5. The minimum Gasteiger partial charge on any atom is -0.313 e. The topological polar surface area (TPSA) is 60.7 Å². The zero-order chi connectivity index (χ0) is 13.4. The lowest BCUT2D eigenvalue weighted by molar-refractivity contribution is 0.315. The molecule has 3 rings (SSSR count). The third kappa shape index (κ3) is 2.21. The third-order valence-corrected chi connectivity index (χ3v) is 4.57. The van der Waals surface area contributed by atoms with Crippen molar-refractivity contribution in [3.8, 4) is 0 Å². The second kappa shape index (κ2) is 4.85. The van der Waals surface area contributed by atoms with Crippen molar-refractivity contribution < 1.29 is 0 Å². The molecule has 0 radical (unpaired) electrons. The second-order valence-electron chi connectivity index (χ2n) is 5.72. The molecule has 0 spiro atoms. The Kier molecular flexibility index (Phi) is 3.19. The maximum Gasteiger partial charge on any atom is 0.323 e. The number of aromatic nitrogens is 2. The van der Waals surface area contributed by atoms with Crippen LogP contribution in [0.4, 0.5) is 0 Å². The molecular formula is C15H21N3O. The van der Waals surface area contributed by atoms with Gasteiger partial charge in [-0.1, -0.05) is 25.8 Å². The highest BCUT2D eigenvalue weighted by molar-refractivity contribution is 5.75. The van der Waals surface area contributed by atoms with Crippen LogP contribution in [-0.2, 0) is 0 Å². The highest BCUT2D eigenvalue weighted by Crippen LogP contribution is 2.40. The van der Waals surface area contributed by atoms with Gasteiger partial charge in [0.25, 0.3) is 0 Å². The van der Waals surface area contributed by atoms with Crippen molar-refractivity contribution in [3.05, 3.63) is 34.2 Å². The molecule has 2 aromatic rings. The molecule has 3 unspecified atom stereocenters. The van der Waals surface area contributed by atoms with Crippen LogP contribution in [0.15, 0.2) is 23.0 Å². The van der Waals surface area contributed by atoms with Crippen LogP contribution in [0.3, 0.4) is 0 Å². The van der Waals surface area contributed by atoms with E-state index >= 15 is 0 Å². The first-order valence-corrected chi connectivity index (χ1v) is 7.08. The molecule has 1 aliphatic rings. The fourth-order valence-corrected chi connectivity index (χ4v) is 3.54. The summed E-state index contributed by atoms with van der Waals surface area (Å²) in [5.41, 5.74) is 2.91. The van der Waals surface area contributed by atoms with Gasteiger partial charge in [0.15, 0.2) is 0 Å². The molecule has 1 aromatic heterocycles. The van der Waals surface area contributed by atoms with E-state index in [2.05, 4.69) is 34.3 Å². The zero-order valence-electron chi connectivity index (χ0n) is 11.5. The number of imidazole rings is 1. The Morgan fingerprint density at radius 3 is 2.74 bits per heavy atom. The second-order valence-corrected chi connectivity index (χ2v) is 5.72. The SMILES string of the molecule is CNC(c1ccc2[nH]c(=O)[nH]c2c1)C1CCCC1C. The molecule has 0 bridgehead atoms. The standard InChI is InChI=1S/C15H21N3O/c1-9-4-3-5-11(9)14(16-2)10-6-7-12-13(8-10)18-15(19)17-12/h6-9,11,14,16H,3-5H2,1-2H3,(H2,17,18,19). The summed E-state index contributed by atoms with van der Waals surface area (Å²) in [5, 5.41) is 3.46. The Morgan fingerprint density at radius 1 is 1.26 bits per heavy atom. The summed E-state index contributed by atoms with van der Waals surface area (Å²) in [4.78, 5) is 17.0. The molecule has 1 aliphatic carbocycles. The van der Waals surface area contributed by atoms with Crippen molar-refractivity contribution in [2.45, 2.75) is 32.2 Å². The lowest BCUT2D eigenvalue weighted by Gasteiger charge is -2.27. The van der Waals surface area contributed by atoms with Crippen LogP contribution in [0, 0.1) is 11.8 Å². The van der Waals surface area contributed by atoms with Crippen LogP contribution in [0.5, 0.6) is 0 Å². The molecule has 1 heterocycles. The van der Waals surface area contributed by atoms with Gasteiger partial charge in [-0.2, -0.15) is 0 Å². The van der Waals surface area contributed by atoms with Gasteiger partial charge < -0.3 is 15.3 Å². The van der Waals surface area contributed by atoms with Crippen molar-refractivity contribution in [1.82, 2.24) is 15.3 Å². The van der Waals surface area contributed by atoms with Crippen molar-refractivity contribution in [2.75, 3.05) is 7.05 Å². The van der Waals surface area contributed by atoms with Gasteiger partial charge in [-0.05, 0) is 43.0 Å². The molecule has 1 saturated carbocycles. The largest absolute Gasteiger partial charge is 0.323 e. The fraction of sp³-hybridized carbons (Fsp3) is 0.533. The van der Waals surface area contributed by atoms with Crippen molar-refractivity contribution in [1.29, 1.82) is 0 Å². The van der Waals surface area contributed by atoms with Crippen molar-refractivity contribution >= 4 is 11.0 Å². The van der Waals surface area contributed by atoms with Gasteiger partial charge in [-0.3, -0.25) is 0 Å². The summed E-state index contributed by atoms with van der Waals surface area (Å²) in [7, 11) is 2.03. The number of fused-ring (bicyclic) bond motifs is 1. The molecule has 0 amide bonds. The van der Waals surface area contributed by atoms with E-state index < -0.39 is 0 Å². The molecule has 19 heavy (non-hydrogen) atoms. The number of hydrogen-bond acceptors (Lipinski definition) is 2. The Balaban J connectivity index is 1.98. The summed E-state index contributed by atoms with van der Waals surface area (Å²) < 4.78 is 0. The minimum absolute atomic E-state index is 0.137. The number of aromatic amines is 2. The van der Waals surface area contributed by atoms with E-state index in [1.807, 2.05) is 13.1 Å². The Labute approximate surface area is 112 Å². The van der Waals surface area contributed by atoms with E-state index in [4.69, 9.17) is 0 Å². The summed E-state index contributed by atoms with van der Waals surface area (Å²) in [6.07, 6.45) is 3.94. The average Bonchev–Trinajstić information content (AvgIpc) is 2.95. The molecule has 4 heteroatoms. The molecule has 0 aliphatic heterocycles. The van der Waals surface area contributed by atoms with E-state index in [1.165, 1.54) is 24.8 Å². The molecule has 4 nitrogen and oxygen atoms in total. The lowest BCUT2D eigenvalue weighted by Crippen LogP contribution is -2.26. The molecule has 1 fully saturated rings. The monoisotopic (exact) mass is 259 g/mol. The van der Waals surface area contributed by atoms with E-state index in [0.717, 1.165) is 17.0 Å². The fourth-order valence-electron chi connectivity index (χ4n) is 3.54. The van der Waals surface area contributed by atoms with Gasteiger partial charge in [-0.25, -0.2) is 4.79 Å². The Hall–Kier alpha value is -1.55. The van der Waals surface area contributed by atoms with Crippen molar-refractivity contribution in [3.63, 3.8) is 0 Å². The Bertz CT molecular complexity index is 628. The molecular weight excluding hydrogens is 238 g/mol. The molecule has 102 valence electrons. The van der Waals surface area contributed by atoms with E-state index in [9.17, 15) is 4.79 Å². The third-order valence-electron chi connectivity index (χ3n) is 4.57. The minimum atomic E-state index is -0.137. The summed E-state index contributed by atoms with van der Waals surface area (Å²) >= 11 is 0. The maximum atomic E-state index is 11.3. The predicted molar refractivity (Wildman–Crippen MR) is 77.2 cm³/mol. The molecule has 1 aromatic carbocycles. The highest BCUT2D eigenvalue weighted by Gasteiger charge is 2.31. The number of nitrogens with one attached hydrogen (secondary N) is 3. The average molecular weight is 259 g/mol. The van der Waals surface area contributed by atoms with Gasteiger partial charge >= 0.3 is 5.69 Å². The first kappa shape index (κ1) is 12.5. The normalized spacial score (nSPS) is 24.9. The van der Waals surface area contributed by atoms with Gasteiger partial charge in [0, 0.05) is 6.04 Å². The summed E-state index contributed by atoms with van der Waals surface area (Å²) in [6, 6.07) is 6.59. The lowest BCUT2D eigenvalue weighted by atomic mass is 9.86. The van der Waals surface area contributed by atoms with Crippen LogP contribution >= 0.6 is 0 Å². The highest BCUT2D eigenvalue weighted by atomic mass is 16.1. The van der Waals surface area contributed by atoms with Gasteiger partial charge in [0.05, 0.1) is 11.0 Å². The van der Waals surface area contributed by atoms with Gasteiger partial charge in [-0.15, -0.1) is 0 Å². The number of hydrogen-bond donors (Lipinski definition) is 3. The summed E-state index contributed by atoms with van der Waals surface area (Å²) in [6.45, 7) is 2.35. The first-order valence-electron chi connectivity index (χ1n) is 7.08. The van der Waals surface area contributed by atoms with E-state index in [1.54, 1.807) is 0 Å². The number of benzene rings is 1. The van der Waals surface area contributed by atoms with Crippen LogP contribution < -0.4 is 11.0 Å². The van der Waals surface area contributed by atoms with E-state index in [-0.39, 0.29) is 5.69 Å². The van der Waals surface area contributed by atoms with E-state index in [0.29, 0.717) is 12.0 Å². The Morgan fingerprint density at radius 2 is 2.05 bits per heavy atom. The number of rotatable bonds is 3. The van der Waals surface area contributed by atoms with Gasteiger partial charge in [0.1, 0.15) is 0 Å². The maximum absolute atomic E-state index is 11.3. The van der Waals surface area contributed by atoms with Crippen molar-refractivity contribution in [2.24, 2.45) is 11.8 Å². The molecule has 3 N–H and O–H groups in total. The van der Waals surface area contributed by atoms with Crippen LogP contribution in [0.25, 0.3) is 11.0 Å². The van der Waals surface area contributed by atoms with Crippen LogP contribution in [-0.4, -0.2) is 17.0 Å². The molecule has 3 atom stereocenters. The number of H-pyrrole nitrogens is 2. The smallest absolute Gasteiger partial charge is 0.313 e. The quantitative estimate of drug-likeness (QED) is 0.793. The summed E-state index contributed by atoms with van der Waals surface area (Å²) in [5.74, 6) is 1.45. The van der Waals surface area contributed by atoms with Gasteiger partial charge in [0.2, 0.25) is 0 Å². The molecule has 0 saturated heterocycles.